The van der Waals surface area contributed by atoms with E-state index in [-0.39, 0.29) is 0 Å². The van der Waals surface area contributed by atoms with E-state index in [0.717, 1.165) is 31.3 Å². The third kappa shape index (κ3) is 7.06. The molecule has 19 heavy (non-hydrogen) atoms. The predicted molar refractivity (Wildman–Crippen MR) is 84.3 cm³/mol. The highest BCUT2D eigenvalue weighted by Gasteiger charge is 2.26. The highest BCUT2D eigenvalue weighted by atomic mass is 79.9. The molecule has 114 valence electrons. The van der Waals surface area contributed by atoms with Crippen LogP contribution < -0.4 is 0 Å². The Balaban J connectivity index is 2.28. The monoisotopic (exact) mass is 354 g/mol. The van der Waals surface area contributed by atoms with Gasteiger partial charge in [0.15, 0.2) is 0 Å². The van der Waals surface area contributed by atoms with Gasteiger partial charge < -0.3 is 4.90 Å². The summed E-state index contributed by atoms with van der Waals surface area (Å²) in [5.74, 6) is 0.490. The molecule has 0 aromatic carbocycles. The van der Waals surface area contributed by atoms with Crippen LogP contribution in [0.15, 0.2) is 0 Å². The van der Waals surface area contributed by atoms with E-state index >= 15 is 0 Å². The second kappa shape index (κ2) is 8.60. The van der Waals surface area contributed by atoms with Gasteiger partial charge in [-0.15, -0.1) is 0 Å². The largest absolute Gasteiger partial charge is 0.306 e. The summed E-state index contributed by atoms with van der Waals surface area (Å²) in [7, 11) is -0.863. The number of unbranched alkanes of at least 4 members (excludes halogenated alkanes) is 2. The van der Waals surface area contributed by atoms with Gasteiger partial charge in [0.05, 0.1) is 6.26 Å². The van der Waals surface area contributed by atoms with Gasteiger partial charge in [-0.1, -0.05) is 22.4 Å². The molecule has 0 bridgehead atoms. The molecule has 0 radical (unpaired) electrons. The average molecular weight is 355 g/mol. The van der Waals surface area contributed by atoms with Gasteiger partial charge in [0.2, 0.25) is 10.0 Å². The third-order valence-corrected chi connectivity index (χ3v) is 5.52. The van der Waals surface area contributed by atoms with Crippen LogP contribution in [0.25, 0.3) is 0 Å². The molecule has 0 N–H and O–H groups in total. The molecule has 1 heterocycles. The van der Waals surface area contributed by atoms with Gasteiger partial charge in [-0.25, -0.2) is 12.7 Å². The van der Waals surface area contributed by atoms with E-state index < -0.39 is 10.0 Å². The maximum Gasteiger partial charge on any atom is 0.211 e. The van der Waals surface area contributed by atoms with Crippen molar-refractivity contribution in [2.75, 3.05) is 44.8 Å². The number of hydrogen-bond donors (Lipinski definition) is 0. The van der Waals surface area contributed by atoms with Crippen LogP contribution in [0.4, 0.5) is 0 Å². The van der Waals surface area contributed by atoms with Crippen molar-refractivity contribution < 1.29 is 8.42 Å². The van der Waals surface area contributed by atoms with E-state index in [1.54, 1.807) is 4.31 Å². The summed E-state index contributed by atoms with van der Waals surface area (Å²) < 4.78 is 24.8. The number of nitrogens with zero attached hydrogens (tertiary/aromatic N) is 2. The van der Waals surface area contributed by atoms with Gasteiger partial charge in [0.1, 0.15) is 0 Å². The fraction of sp³-hybridized carbons (Fsp3) is 1.00. The zero-order valence-electron chi connectivity index (χ0n) is 12.1. The normalized spacial score (nSPS) is 22.0. The first-order valence-corrected chi connectivity index (χ1v) is 10.1. The van der Waals surface area contributed by atoms with E-state index in [0.29, 0.717) is 19.0 Å². The average Bonchev–Trinajstić information content (AvgIpc) is 2.34. The first-order valence-electron chi connectivity index (χ1n) is 7.13. The third-order valence-electron chi connectivity index (χ3n) is 3.69. The Morgan fingerprint density at radius 3 is 2.68 bits per heavy atom. The van der Waals surface area contributed by atoms with Crippen LogP contribution >= 0.6 is 15.9 Å². The van der Waals surface area contributed by atoms with Gasteiger partial charge in [0.25, 0.3) is 0 Å². The van der Waals surface area contributed by atoms with E-state index in [9.17, 15) is 8.42 Å². The van der Waals surface area contributed by atoms with Crippen LogP contribution in [0, 0.1) is 5.92 Å². The molecular weight excluding hydrogens is 328 g/mol. The lowest BCUT2D eigenvalue weighted by atomic mass is 9.99. The number of sulfonamides is 1. The Morgan fingerprint density at radius 1 is 1.32 bits per heavy atom. The summed E-state index contributed by atoms with van der Waals surface area (Å²) in [5, 5.41) is 1.09. The minimum atomic E-state index is -3.01. The van der Waals surface area contributed by atoms with Crippen LogP contribution in [0.2, 0.25) is 0 Å². The van der Waals surface area contributed by atoms with Crippen molar-refractivity contribution in [1.29, 1.82) is 0 Å². The molecule has 1 atom stereocenters. The molecule has 0 amide bonds. The fourth-order valence-electron chi connectivity index (χ4n) is 2.66. The molecule has 1 rings (SSSR count). The SMILES string of the molecule is CN(CCCCCBr)CC1CCCN(S(C)(=O)=O)C1. The lowest BCUT2D eigenvalue weighted by Crippen LogP contribution is -2.42. The quantitative estimate of drug-likeness (QED) is 0.495. The molecule has 1 aliphatic rings. The number of piperidine rings is 1. The predicted octanol–water partition coefficient (Wildman–Crippen LogP) is 2.16. The zero-order valence-corrected chi connectivity index (χ0v) is 14.5. The molecule has 1 unspecified atom stereocenters. The van der Waals surface area contributed by atoms with Crippen LogP contribution in [-0.4, -0.2) is 62.4 Å². The number of hydrogen-bond acceptors (Lipinski definition) is 3. The van der Waals surface area contributed by atoms with Crippen LogP contribution in [0.3, 0.4) is 0 Å². The van der Waals surface area contributed by atoms with Gasteiger partial charge >= 0.3 is 0 Å². The van der Waals surface area contributed by atoms with Gasteiger partial charge in [0, 0.05) is 25.0 Å². The van der Waals surface area contributed by atoms with Crippen molar-refractivity contribution in [3.63, 3.8) is 0 Å². The topological polar surface area (TPSA) is 40.6 Å². The van der Waals surface area contributed by atoms with Crippen molar-refractivity contribution in [3.8, 4) is 0 Å². The molecule has 0 aliphatic carbocycles. The highest BCUT2D eigenvalue weighted by Crippen LogP contribution is 2.19. The Bertz CT molecular complexity index is 349. The van der Waals surface area contributed by atoms with Crippen molar-refractivity contribution in [3.05, 3.63) is 0 Å². The minimum absolute atomic E-state index is 0.490. The van der Waals surface area contributed by atoms with Crippen molar-refractivity contribution in [2.24, 2.45) is 5.92 Å². The molecule has 1 aliphatic heterocycles. The first kappa shape index (κ1) is 17.4. The minimum Gasteiger partial charge on any atom is -0.306 e. The standard InChI is InChI=1S/C13H27BrN2O2S/c1-15(9-5-3-4-8-14)11-13-7-6-10-16(12-13)19(2,17)18/h13H,3-12H2,1-2H3. The number of rotatable bonds is 8. The molecule has 0 spiro atoms. The maximum atomic E-state index is 11.6. The van der Waals surface area contributed by atoms with Crippen molar-refractivity contribution >= 4 is 26.0 Å². The second-order valence-electron chi connectivity index (χ2n) is 5.64. The molecule has 0 aromatic rings. The van der Waals surface area contributed by atoms with Crippen LogP contribution in [-0.2, 0) is 10.0 Å². The van der Waals surface area contributed by atoms with E-state index in [4.69, 9.17) is 0 Å². The van der Waals surface area contributed by atoms with E-state index in [1.165, 1.54) is 25.5 Å². The van der Waals surface area contributed by atoms with Gasteiger partial charge in [-0.05, 0) is 45.2 Å². The number of halogens is 1. The second-order valence-corrected chi connectivity index (χ2v) is 8.42. The summed E-state index contributed by atoms with van der Waals surface area (Å²) in [6.45, 7) is 3.53. The van der Waals surface area contributed by atoms with E-state index in [2.05, 4.69) is 27.9 Å². The fourth-order valence-corrected chi connectivity index (χ4v) is 4.00. The molecule has 4 nitrogen and oxygen atoms in total. The molecule has 1 saturated heterocycles. The lowest BCUT2D eigenvalue weighted by Gasteiger charge is -2.33. The van der Waals surface area contributed by atoms with Gasteiger partial charge in [-0.3, -0.25) is 0 Å². The first-order chi connectivity index (χ1) is 8.93. The summed E-state index contributed by atoms with van der Waals surface area (Å²) in [6.07, 6.45) is 7.19. The highest BCUT2D eigenvalue weighted by molar-refractivity contribution is 9.09. The van der Waals surface area contributed by atoms with Crippen LogP contribution in [0.1, 0.15) is 32.1 Å². The molecular formula is C13H27BrN2O2S. The Hall–Kier alpha value is 0.350. The Labute approximate surface area is 126 Å². The summed E-state index contributed by atoms with van der Waals surface area (Å²) in [4.78, 5) is 2.35. The lowest BCUT2D eigenvalue weighted by molar-refractivity contribution is 0.199. The van der Waals surface area contributed by atoms with E-state index in [1.807, 2.05) is 0 Å². The molecule has 1 fully saturated rings. The molecule has 6 heteroatoms. The zero-order chi connectivity index (χ0) is 14.3. The molecule has 0 saturated carbocycles. The van der Waals surface area contributed by atoms with Crippen LogP contribution in [0.5, 0.6) is 0 Å². The number of alkyl halides is 1. The summed E-state index contributed by atoms with van der Waals surface area (Å²) in [5.41, 5.74) is 0. The van der Waals surface area contributed by atoms with Crippen molar-refractivity contribution in [1.82, 2.24) is 9.21 Å². The molecule has 0 aromatic heterocycles. The maximum absolute atomic E-state index is 11.6. The smallest absolute Gasteiger partial charge is 0.211 e. The van der Waals surface area contributed by atoms with Crippen molar-refractivity contribution in [2.45, 2.75) is 32.1 Å². The summed E-state index contributed by atoms with van der Waals surface area (Å²) >= 11 is 3.45. The Morgan fingerprint density at radius 2 is 2.05 bits per heavy atom. The van der Waals surface area contributed by atoms with Gasteiger partial charge in [-0.2, -0.15) is 0 Å². The Kier molecular flexibility index (Phi) is 7.87. The summed E-state index contributed by atoms with van der Waals surface area (Å²) in [6, 6.07) is 0.